The van der Waals surface area contributed by atoms with Crippen LogP contribution in [-0.2, 0) is 26.9 Å². The molecule has 0 radical (unpaired) electrons. The summed E-state index contributed by atoms with van der Waals surface area (Å²) in [5.41, 5.74) is 0.963. The number of halogens is 3. The summed E-state index contributed by atoms with van der Waals surface area (Å²) in [6.45, 7) is 2.99. The molecule has 1 amide bonds. The van der Waals surface area contributed by atoms with Crippen LogP contribution in [-0.4, -0.2) is 41.6 Å². The van der Waals surface area contributed by atoms with Gasteiger partial charge >= 0.3 is 6.18 Å². The van der Waals surface area contributed by atoms with Gasteiger partial charge in [0.1, 0.15) is 6.61 Å². The Hall–Kier alpha value is -2.39. The van der Waals surface area contributed by atoms with Crippen molar-refractivity contribution in [2.24, 2.45) is 0 Å². The first-order chi connectivity index (χ1) is 13.4. The zero-order valence-electron chi connectivity index (χ0n) is 15.5. The van der Waals surface area contributed by atoms with Crippen LogP contribution in [0.3, 0.4) is 0 Å². The quantitative estimate of drug-likeness (QED) is 0.809. The van der Waals surface area contributed by atoms with E-state index in [0.29, 0.717) is 30.1 Å². The lowest BCUT2D eigenvalue weighted by molar-refractivity contribution is -0.137. The number of anilines is 1. The molecule has 1 aliphatic rings. The predicted molar refractivity (Wildman–Crippen MR) is 96.4 cm³/mol. The van der Waals surface area contributed by atoms with Gasteiger partial charge in [-0.1, -0.05) is 6.92 Å². The highest BCUT2D eigenvalue weighted by atomic mass is 19.4. The van der Waals surface area contributed by atoms with Crippen LogP contribution in [0.5, 0.6) is 0 Å². The highest BCUT2D eigenvalue weighted by Crippen LogP contribution is 2.30. The fourth-order valence-electron chi connectivity index (χ4n) is 3.05. The van der Waals surface area contributed by atoms with E-state index in [-0.39, 0.29) is 18.6 Å². The maximum atomic E-state index is 12.7. The molecule has 2 aromatic rings. The van der Waals surface area contributed by atoms with Crippen LogP contribution in [0.1, 0.15) is 31.0 Å². The summed E-state index contributed by atoms with van der Waals surface area (Å²) in [6.07, 6.45) is -0.684. The van der Waals surface area contributed by atoms with E-state index in [1.807, 2.05) is 6.92 Å². The Morgan fingerprint density at radius 3 is 2.71 bits per heavy atom. The number of carbonyl (C=O) groups is 1. The van der Waals surface area contributed by atoms with Gasteiger partial charge in [0.25, 0.3) is 0 Å². The van der Waals surface area contributed by atoms with Gasteiger partial charge < -0.3 is 14.8 Å². The van der Waals surface area contributed by atoms with E-state index >= 15 is 0 Å². The van der Waals surface area contributed by atoms with Gasteiger partial charge in [-0.05, 0) is 43.5 Å². The van der Waals surface area contributed by atoms with Crippen molar-refractivity contribution in [1.82, 2.24) is 9.78 Å². The molecule has 1 saturated heterocycles. The Kier molecular flexibility index (Phi) is 6.35. The minimum Gasteiger partial charge on any atom is -0.379 e. The lowest BCUT2D eigenvalue weighted by atomic mass is 10.2. The molecule has 0 bridgehead atoms. The Bertz CT molecular complexity index is 797. The molecule has 152 valence electrons. The number of alkyl halides is 3. The summed E-state index contributed by atoms with van der Waals surface area (Å²) < 4.78 is 50.6. The summed E-state index contributed by atoms with van der Waals surface area (Å²) in [7, 11) is 0. The normalized spacial score (nSPS) is 17.5. The third-order valence-electron chi connectivity index (χ3n) is 4.49. The number of ether oxygens (including phenoxy) is 2. The number of nitrogens with one attached hydrogen (secondary N) is 1. The third-order valence-corrected chi connectivity index (χ3v) is 4.49. The lowest BCUT2D eigenvalue weighted by Gasteiger charge is -2.22. The van der Waals surface area contributed by atoms with Crippen molar-refractivity contribution >= 4 is 11.6 Å². The Labute approximate surface area is 160 Å². The summed E-state index contributed by atoms with van der Waals surface area (Å²) in [5.74, 6) is -0.313. The van der Waals surface area contributed by atoms with Gasteiger partial charge in [0.15, 0.2) is 0 Å². The predicted octanol–water partition coefficient (Wildman–Crippen LogP) is 3.59. The van der Waals surface area contributed by atoms with E-state index in [1.165, 1.54) is 23.0 Å². The molecule has 0 aliphatic carbocycles. The largest absolute Gasteiger partial charge is 0.416 e. The van der Waals surface area contributed by atoms with Crippen LogP contribution in [0.2, 0.25) is 0 Å². The Balaban J connectivity index is 1.66. The molecule has 1 atom stereocenters. The second-order valence-electron chi connectivity index (χ2n) is 6.51. The van der Waals surface area contributed by atoms with Crippen molar-refractivity contribution in [3.8, 4) is 5.69 Å². The average molecular weight is 397 g/mol. The first-order valence-electron chi connectivity index (χ1n) is 9.12. The number of benzene rings is 1. The second-order valence-corrected chi connectivity index (χ2v) is 6.51. The molecule has 1 N–H and O–H groups in total. The van der Waals surface area contributed by atoms with Crippen LogP contribution in [0.25, 0.3) is 5.69 Å². The highest BCUT2D eigenvalue weighted by Gasteiger charge is 2.30. The van der Waals surface area contributed by atoms with Crippen molar-refractivity contribution < 1.29 is 27.4 Å². The van der Waals surface area contributed by atoms with E-state index in [0.717, 1.165) is 31.6 Å². The van der Waals surface area contributed by atoms with Gasteiger partial charge in [-0.3, -0.25) is 4.79 Å². The molecule has 1 unspecified atom stereocenters. The van der Waals surface area contributed by atoms with Crippen molar-refractivity contribution in [1.29, 1.82) is 0 Å². The monoisotopic (exact) mass is 397 g/mol. The lowest BCUT2D eigenvalue weighted by Crippen LogP contribution is -2.29. The number of hydrogen-bond donors (Lipinski definition) is 1. The molecule has 1 fully saturated rings. The highest BCUT2D eigenvalue weighted by molar-refractivity contribution is 5.92. The number of carbonyl (C=O) groups excluding carboxylic acids is 1. The number of hydrogen-bond acceptors (Lipinski definition) is 4. The summed E-state index contributed by atoms with van der Waals surface area (Å²) in [5, 5.41) is 6.97. The summed E-state index contributed by atoms with van der Waals surface area (Å²) >= 11 is 0. The van der Waals surface area contributed by atoms with E-state index < -0.39 is 11.7 Å². The Morgan fingerprint density at radius 2 is 2.11 bits per heavy atom. The van der Waals surface area contributed by atoms with Crippen molar-refractivity contribution in [2.45, 2.75) is 38.5 Å². The van der Waals surface area contributed by atoms with Crippen LogP contribution < -0.4 is 5.32 Å². The smallest absolute Gasteiger partial charge is 0.379 e. The van der Waals surface area contributed by atoms with Gasteiger partial charge in [0.05, 0.1) is 41.5 Å². The fraction of sp³-hybridized carbons (Fsp3) is 0.474. The second kappa shape index (κ2) is 8.74. The maximum absolute atomic E-state index is 12.7. The van der Waals surface area contributed by atoms with Crippen LogP contribution in [0.15, 0.2) is 30.5 Å². The van der Waals surface area contributed by atoms with Gasteiger partial charge in [0, 0.05) is 6.61 Å². The zero-order valence-corrected chi connectivity index (χ0v) is 15.5. The number of nitrogens with zero attached hydrogens (tertiary/aromatic N) is 2. The number of amides is 1. The standard InChI is InChI=1S/C19H22F3N3O3/c1-2-17-16(24-18(26)12-28-15-4-3-9-27-11-15)10-23-25(17)14-7-5-13(6-8-14)19(20,21)22/h5-8,10,15H,2-4,9,11-12H2,1H3,(H,24,26). The first kappa shape index (κ1) is 20.3. The topological polar surface area (TPSA) is 65.4 Å². The van der Waals surface area contributed by atoms with Crippen LogP contribution in [0.4, 0.5) is 18.9 Å². The summed E-state index contributed by atoms with van der Waals surface area (Å²) in [4.78, 5) is 12.2. The molecule has 0 saturated carbocycles. The minimum atomic E-state index is -4.39. The SMILES string of the molecule is CCc1c(NC(=O)COC2CCCOC2)cnn1-c1ccc(C(F)(F)F)cc1. The maximum Gasteiger partial charge on any atom is 0.416 e. The molecule has 28 heavy (non-hydrogen) atoms. The molecule has 1 aromatic carbocycles. The van der Waals surface area contributed by atoms with Gasteiger partial charge in [-0.15, -0.1) is 0 Å². The molecular weight excluding hydrogens is 375 g/mol. The third kappa shape index (κ3) is 4.90. The summed E-state index contributed by atoms with van der Waals surface area (Å²) in [6, 6.07) is 4.73. The molecule has 1 aromatic heterocycles. The van der Waals surface area contributed by atoms with Crippen molar-refractivity contribution in [2.75, 3.05) is 25.1 Å². The molecule has 1 aliphatic heterocycles. The molecule has 2 heterocycles. The van der Waals surface area contributed by atoms with E-state index in [9.17, 15) is 18.0 Å². The molecule has 9 heteroatoms. The number of rotatable bonds is 6. The van der Waals surface area contributed by atoms with E-state index in [4.69, 9.17) is 9.47 Å². The fourth-order valence-corrected chi connectivity index (χ4v) is 3.05. The zero-order chi connectivity index (χ0) is 20.1. The molecule has 6 nitrogen and oxygen atoms in total. The molecule has 3 rings (SSSR count). The van der Waals surface area contributed by atoms with Crippen LogP contribution >= 0.6 is 0 Å². The van der Waals surface area contributed by atoms with Crippen molar-refractivity contribution in [3.63, 3.8) is 0 Å². The first-order valence-corrected chi connectivity index (χ1v) is 9.12. The van der Waals surface area contributed by atoms with Gasteiger partial charge in [0.2, 0.25) is 5.91 Å². The van der Waals surface area contributed by atoms with Crippen LogP contribution in [0, 0.1) is 0 Å². The minimum absolute atomic E-state index is 0.0833. The molecule has 0 spiro atoms. The average Bonchev–Trinajstić information content (AvgIpc) is 3.09. The molecular formula is C19H22F3N3O3. The van der Waals surface area contributed by atoms with E-state index in [2.05, 4.69) is 10.4 Å². The Morgan fingerprint density at radius 1 is 1.36 bits per heavy atom. The van der Waals surface area contributed by atoms with Gasteiger partial charge in [-0.25, -0.2) is 4.68 Å². The van der Waals surface area contributed by atoms with Gasteiger partial charge in [-0.2, -0.15) is 18.3 Å². The van der Waals surface area contributed by atoms with E-state index in [1.54, 1.807) is 0 Å². The number of aromatic nitrogens is 2. The van der Waals surface area contributed by atoms with Crippen molar-refractivity contribution in [3.05, 3.63) is 41.7 Å².